The normalized spacial score (nSPS) is 18.5. The molecule has 0 saturated carbocycles. The van der Waals surface area contributed by atoms with Crippen LogP contribution >= 0.6 is 31.9 Å². The molecule has 0 fully saturated rings. The lowest BCUT2D eigenvalue weighted by Gasteiger charge is -2.42. The fourth-order valence-electron chi connectivity index (χ4n) is 8.35. The van der Waals surface area contributed by atoms with Crippen LogP contribution < -0.4 is 0 Å². The van der Waals surface area contributed by atoms with Gasteiger partial charge in [-0.15, -0.1) is 0 Å². The van der Waals surface area contributed by atoms with Crippen molar-refractivity contribution in [2.45, 2.75) is 42.9 Å². The number of para-hydroxylation sites is 2. The predicted molar refractivity (Wildman–Crippen MR) is 198 cm³/mol. The van der Waals surface area contributed by atoms with Gasteiger partial charge in [-0.3, -0.25) is 9.59 Å². The highest BCUT2D eigenvalue weighted by Gasteiger charge is 2.54. The number of aromatic nitrogens is 2. The molecule has 2 unspecified atom stereocenters. The number of carbonyl (C=O) groups excluding carboxylic acids is 2. The number of pyridine rings is 2. The molecule has 2 aromatic heterocycles. The molecule has 8 rings (SSSR count). The summed E-state index contributed by atoms with van der Waals surface area (Å²) >= 11 is 7.57. The Morgan fingerprint density at radius 1 is 0.592 bits per heavy atom. The van der Waals surface area contributed by atoms with Crippen molar-refractivity contribution in [1.82, 2.24) is 9.97 Å². The second-order valence-corrected chi connectivity index (χ2v) is 14.9. The number of rotatable bonds is 8. The largest absolute Gasteiger partial charge is 0.469 e. The van der Waals surface area contributed by atoms with Crippen LogP contribution in [0.2, 0.25) is 0 Å². The smallest absolute Gasteiger partial charge is 0.305 e. The molecule has 0 bridgehead atoms. The van der Waals surface area contributed by atoms with Crippen LogP contribution in [-0.2, 0) is 29.9 Å². The fourth-order valence-corrected chi connectivity index (χ4v) is 9.07. The molecule has 4 aromatic carbocycles. The topological polar surface area (TPSA) is 78.4 Å². The molecule has 0 aliphatic heterocycles. The second-order valence-electron chi connectivity index (χ2n) is 13.0. The van der Waals surface area contributed by atoms with Gasteiger partial charge in [0.2, 0.25) is 0 Å². The van der Waals surface area contributed by atoms with Gasteiger partial charge >= 0.3 is 11.9 Å². The van der Waals surface area contributed by atoms with Crippen molar-refractivity contribution in [3.63, 3.8) is 0 Å². The summed E-state index contributed by atoms with van der Waals surface area (Å²) in [5, 5.41) is 2.06. The minimum absolute atomic E-state index is 0.204. The van der Waals surface area contributed by atoms with E-state index in [-0.39, 0.29) is 24.8 Å². The number of hydrogen-bond acceptors (Lipinski definition) is 6. The highest BCUT2D eigenvalue weighted by atomic mass is 79.9. The van der Waals surface area contributed by atoms with Crippen molar-refractivity contribution in [2.24, 2.45) is 0 Å². The number of nitrogens with zero attached hydrogens (tertiary/aromatic N) is 2. The van der Waals surface area contributed by atoms with E-state index in [2.05, 4.69) is 92.5 Å². The van der Waals surface area contributed by atoms with Gasteiger partial charge in [-0.25, -0.2) is 9.97 Å². The first-order valence-corrected chi connectivity index (χ1v) is 17.9. The Morgan fingerprint density at radius 2 is 1.02 bits per heavy atom. The molecule has 2 aliphatic rings. The Hall–Kier alpha value is -4.40. The summed E-state index contributed by atoms with van der Waals surface area (Å²) in [7, 11) is 2.87. The third kappa shape index (κ3) is 5.10. The van der Waals surface area contributed by atoms with Crippen LogP contribution in [0.1, 0.15) is 54.4 Å². The highest BCUT2D eigenvalue weighted by Crippen LogP contribution is 2.62. The summed E-state index contributed by atoms with van der Waals surface area (Å²) in [5.41, 5.74) is 8.69. The molecule has 0 spiro atoms. The summed E-state index contributed by atoms with van der Waals surface area (Å²) in [6.07, 6.45) is 1.93. The summed E-state index contributed by atoms with van der Waals surface area (Å²) in [5.74, 6) is -0.547. The molecular formula is C41H32Br2N2O4. The number of esters is 2. The summed E-state index contributed by atoms with van der Waals surface area (Å²) in [6.45, 7) is 0. The number of hydrogen-bond donors (Lipinski definition) is 0. The maximum atomic E-state index is 13.0. The first-order chi connectivity index (χ1) is 23.8. The van der Waals surface area contributed by atoms with Crippen LogP contribution in [0.15, 0.2) is 106 Å². The summed E-state index contributed by atoms with van der Waals surface area (Å²) in [6, 6.07) is 33.6. The average molecular weight is 777 g/mol. The van der Waals surface area contributed by atoms with Gasteiger partial charge in [-0.1, -0.05) is 80.4 Å². The predicted octanol–water partition coefficient (Wildman–Crippen LogP) is 9.84. The third-order valence-electron chi connectivity index (χ3n) is 10.6. The Morgan fingerprint density at radius 3 is 1.45 bits per heavy atom. The van der Waals surface area contributed by atoms with Crippen molar-refractivity contribution in [1.29, 1.82) is 0 Å². The van der Waals surface area contributed by atoms with Crippen LogP contribution in [0.4, 0.5) is 0 Å². The Labute approximate surface area is 301 Å². The van der Waals surface area contributed by atoms with Crippen LogP contribution in [0.3, 0.4) is 0 Å². The minimum atomic E-state index is -0.692. The van der Waals surface area contributed by atoms with E-state index in [1.165, 1.54) is 14.2 Å². The number of halogens is 2. The number of methoxy groups -OCH3 is 2. The minimum Gasteiger partial charge on any atom is -0.469 e. The lowest BCUT2D eigenvalue weighted by Crippen LogP contribution is -2.39. The zero-order valence-corrected chi connectivity index (χ0v) is 30.2. The van der Waals surface area contributed by atoms with E-state index in [1.807, 2.05) is 36.4 Å². The zero-order valence-electron chi connectivity index (χ0n) is 27.1. The Balaban J connectivity index is 1.46. The first kappa shape index (κ1) is 31.8. The van der Waals surface area contributed by atoms with E-state index >= 15 is 0 Å². The maximum Gasteiger partial charge on any atom is 0.305 e. The molecule has 0 amide bonds. The molecule has 2 aliphatic carbocycles. The van der Waals surface area contributed by atoms with Gasteiger partial charge in [0.1, 0.15) is 0 Å². The average Bonchev–Trinajstić information content (AvgIpc) is 3.52. The molecule has 8 heteroatoms. The number of ether oxygens (including phenoxy) is 2. The molecule has 2 atom stereocenters. The summed E-state index contributed by atoms with van der Waals surface area (Å²) in [4.78, 5) is 36.6. The van der Waals surface area contributed by atoms with Gasteiger partial charge in [0.05, 0.1) is 36.6 Å². The third-order valence-corrected chi connectivity index (χ3v) is 11.5. The lowest BCUT2D eigenvalue weighted by atomic mass is 9.60. The highest BCUT2D eigenvalue weighted by molar-refractivity contribution is 9.10. The van der Waals surface area contributed by atoms with Gasteiger partial charge < -0.3 is 9.47 Å². The Bertz CT molecular complexity index is 2180. The van der Waals surface area contributed by atoms with Gasteiger partial charge in [-0.2, -0.15) is 0 Å². The van der Waals surface area contributed by atoms with Crippen molar-refractivity contribution in [2.75, 3.05) is 14.2 Å². The van der Waals surface area contributed by atoms with Crippen molar-refractivity contribution in [3.05, 3.63) is 128 Å². The number of carbonyl (C=O) groups is 2. The van der Waals surface area contributed by atoms with Gasteiger partial charge in [0, 0.05) is 54.5 Å². The molecule has 0 radical (unpaired) electrons. The molecule has 6 nitrogen and oxygen atoms in total. The van der Waals surface area contributed by atoms with Gasteiger partial charge in [0.25, 0.3) is 0 Å². The second kappa shape index (κ2) is 12.2. The quantitative estimate of drug-likeness (QED) is 0.143. The molecule has 244 valence electrons. The first-order valence-electron chi connectivity index (χ1n) is 16.3. The van der Waals surface area contributed by atoms with E-state index in [1.54, 1.807) is 0 Å². The molecule has 0 N–H and O–H groups in total. The molecule has 49 heavy (non-hydrogen) atoms. The van der Waals surface area contributed by atoms with E-state index in [0.717, 1.165) is 75.5 Å². The van der Waals surface area contributed by atoms with Crippen LogP contribution in [0, 0.1) is 0 Å². The van der Waals surface area contributed by atoms with Crippen molar-refractivity contribution in [3.8, 4) is 22.5 Å². The number of fused-ring (bicyclic) bond motifs is 8. The SMILES string of the molecule is COC(=O)CCC1(CC2(CCC(=O)OC)c3cc(Br)ccc3-c3nc4ccccc4cc32)c2cc(Br)ccc2-c2nc3ccccc3cc21. The standard InChI is InChI=1S/C41H32Br2N2O4/c1-48-36(46)15-17-40(30-21-26(42)11-13-28(30)38-32(40)19-24-7-3-5-9-34(24)44-38)23-41(18-16-37(47)49-2)31-22-27(43)12-14-29(31)39-33(41)20-25-8-4-6-10-35(25)45-39/h3-14,19-22H,15-18,23H2,1-2H3. The van der Waals surface area contributed by atoms with Crippen molar-refractivity contribution < 1.29 is 19.1 Å². The van der Waals surface area contributed by atoms with Gasteiger partial charge in [0.15, 0.2) is 0 Å². The fraction of sp³-hybridized carbons (Fsp3) is 0.220. The lowest BCUT2D eigenvalue weighted by molar-refractivity contribution is -0.141. The van der Waals surface area contributed by atoms with Gasteiger partial charge in [-0.05, 0) is 90.0 Å². The summed E-state index contributed by atoms with van der Waals surface area (Å²) < 4.78 is 12.4. The monoisotopic (exact) mass is 774 g/mol. The van der Waals surface area contributed by atoms with E-state index in [0.29, 0.717) is 19.3 Å². The van der Waals surface area contributed by atoms with Crippen molar-refractivity contribution >= 4 is 65.6 Å². The molecule has 6 aromatic rings. The zero-order chi connectivity index (χ0) is 33.9. The van der Waals surface area contributed by atoms with Crippen LogP contribution in [0.5, 0.6) is 0 Å². The van der Waals surface area contributed by atoms with E-state index < -0.39 is 10.8 Å². The van der Waals surface area contributed by atoms with E-state index in [4.69, 9.17) is 19.4 Å². The van der Waals surface area contributed by atoms with E-state index in [9.17, 15) is 9.59 Å². The van der Waals surface area contributed by atoms with Crippen LogP contribution in [0.25, 0.3) is 44.3 Å². The molecular weight excluding hydrogens is 744 g/mol. The Kier molecular flexibility index (Phi) is 7.91. The maximum absolute atomic E-state index is 13.0. The molecule has 0 saturated heterocycles. The number of benzene rings is 4. The van der Waals surface area contributed by atoms with Crippen LogP contribution in [-0.4, -0.2) is 36.1 Å². The molecule has 2 heterocycles.